The molecule has 1 aromatic carbocycles. The highest BCUT2D eigenvalue weighted by molar-refractivity contribution is 7.99. The van der Waals surface area contributed by atoms with E-state index >= 15 is 0 Å². The Morgan fingerprint density at radius 3 is 2.20 bits per heavy atom. The molecule has 7 heteroatoms. The minimum absolute atomic E-state index is 0.298. The van der Waals surface area contributed by atoms with Crippen molar-refractivity contribution in [1.29, 1.82) is 0 Å². The van der Waals surface area contributed by atoms with Crippen molar-refractivity contribution in [2.45, 2.75) is 29.9 Å². The standard InChI is InChI=1S/C13H10ClF3N2S/c1-7-8(2)18-12(13(15,16)17)19-11(7)20-10-5-3-9(14)4-6-10/h3-6H,1-2H3. The maximum atomic E-state index is 12.7. The molecule has 106 valence electrons. The van der Waals surface area contributed by atoms with Gasteiger partial charge in [-0.05, 0) is 38.1 Å². The molecule has 0 saturated carbocycles. The lowest BCUT2D eigenvalue weighted by atomic mass is 10.3. The van der Waals surface area contributed by atoms with Crippen LogP contribution in [0.15, 0.2) is 34.2 Å². The van der Waals surface area contributed by atoms with Gasteiger partial charge in [0.15, 0.2) is 0 Å². The van der Waals surface area contributed by atoms with Gasteiger partial charge < -0.3 is 0 Å². The van der Waals surface area contributed by atoms with Crippen molar-refractivity contribution < 1.29 is 13.2 Å². The van der Waals surface area contributed by atoms with Gasteiger partial charge in [-0.15, -0.1) is 0 Å². The van der Waals surface area contributed by atoms with Crippen LogP contribution in [0.3, 0.4) is 0 Å². The average Bonchev–Trinajstić information content (AvgIpc) is 2.36. The normalized spacial score (nSPS) is 11.7. The van der Waals surface area contributed by atoms with E-state index in [1.54, 1.807) is 31.2 Å². The number of alkyl halides is 3. The molecule has 0 amide bonds. The summed E-state index contributed by atoms with van der Waals surface area (Å²) < 4.78 is 38.2. The second-order valence-electron chi connectivity index (χ2n) is 4.12. The summed E-state index contributed by atoms with van der Waals surface area (Å²) in [7, 11) is 0. The fourth-order valence-corrected chi connectivity index (χ4v) is 2.50. The van der Waals surface area contributed by atoms with Gasteiger partial charge in [0.25, 0.3) is 0 Å². The van der Waals surface area contributed by atoms with Gasteiger partial charge in [-0.1, -0.05) is 23.4 Å². The van der Waals surface area contributed by atoms with Crippen LogP contribution in [0.4, 0.5) is 13.2 Å². The van der Waals surface area contributed by atoms with E-state index in [1.807, 2.05) is 0 Å². The molecule has 0 aliphatic carbocycles. The second-order valence-corrected chi connectivity index (χ2v) is 5.62. The molecule has 2 aromatic rings. The molecule has 0 aliphatic rings. The number of halogens is 4. The lowest BCUT2D eigenvalue weighted by Crippen LogP contribution is -2.13. The van der Waals surface area contributed by atoms with E-state index in [0.717, 1.165) is 16.7 Å². The minimum Gasteiger partial charge on any atom is -0.229 e. The Bertz CT molecular complexity index is 627. The van der Waals surface area contributed by atoms with Crippen molar-refractivity contribution in [3.63, 3.8) is 0 Å². The molecular weight excluding hydrogens is 309 g/mol. The summed E-state index contributed by atoms with van der Waals surface area (Å²) in [4.78, 5) is 7.87. The minimum atomic E-state index is -4.55. The fraction of sp³-hybridized carbons (Fsp3) is 0.231. The third-order valence-corrected chi connectivity index (χ3v) is 3.98. The first-order valence-electron chi connectivity index (χ1n) is 5.63. The third kappa shape index (κ3) is 3.43. The smallest absolute Gasteiger partial charge is 0.229 e. The van der Waals surface area contributed by atoms with Crippen molar-refractivity contribution in [2.75, 3.05) is 0 Å². The van der Waals surface area contributed by atoms with Crippen molar-refractivity contribution in [1.82, 2.24) is 9.97 Å². The number of benzene rings is 1. The number of hydrogen-bond acceptors (Lipinski definition) is 3. The monoisotopic (exact) mass is 318 g/mol. The summed E-state index contributed by atoms with van der Waals surface area (Å²) in [5, 5.41) is 0.869. The SMILES string of the molecule is Cc1nc(C(F)(F)F)nc(Sc2ccc(Cl)cc2)c1C. The Hall–Kier alpha value is -1.27. The van der Waals surface area contributed by atoms with E-state index < -0.39 is 12.0 Å². The lowest BCUT2D eigenvalue weighted by molar-refractivity contribution is -0.145. The van der Waals surface area contributed by atoms with Gasteiger partial charge in [0.1, 0.15) is 5.03 Å². The van der Waals surface area contributed by atoms with E-state index in [-0.39, 0.29) is 0 Å². The molecule has 0 radical (unpaired) electrons. The predicted molar refractivity (Wildman–Crippen MR) is 72.1 cm³/mol. The number of aryl methyl sites for hydroxylation is 1. The van der Waals surface area contributed by atoms with Gasteiger partial charge in [-0.2, -0.15) is 13.2 Å². The van der Waals surface area contributed by atoms with Crippen molar-refractivity contribution in [3.05, 3.63) is 46.4 Å². The molecule has 0 spiro atoms. The zero-order valence-corrected chi connectivity index (χ0v) is 12.2. The largest absolute Gasteiger partial charge is 0.451 e. The van der Waals surface area contributed by atoms with Crippen LogP contribution in [0.5, 0.6) is 0 Å². The molecule has 1 aromatic heterocycles. The first kappa shape index (κ1) is 15.1. The van der Waals surface area contributed by atoms with Gasteiger partial charge in [0, 0.05) is 21.2 Å². The zero-order valence-electron chi connectivity index (χ0n) is 10.6. The highest BCUT2D eigenvalue weighted by Crippen LogP contribution is 2.33. The number of hydrogen-bond donors (Lipinski definition) is 0. The zero-order chi connectivity index (χ0) is 14.9. The van der Waals surface area contributed by atoms with Crippen molar-refractivity contribution in [2.24, 2.45) is 0 Å². The lowest BCUT2D eigenvalue weighted by Gasteiger charge is -2.11. The summed E-state index contributed by atoms with van der Waals surface area (Å²) in [5.41, 5.74) is 0.960. The molecule has 2 nitrogen and oxygen atoms in total. The number of nitrogens with zero attached hydrogens (tertiary/aromatic N) is 2. The summed E-state index contributed by atoms with van der Waals surface area (Å²) >= 11 is 6.93. The van der Waals surface area contributed by atoms with Crippen LogP contribution in [-0.4, -0.2) is 9.97 Å². The Balaban J connectivity index is 2.40. The highest BCUT2D eigenvalue weighted by Gasteiger charge is 2.35. The summed E-state index contributed by atoms with van der Waals surface area (Å²) in [5.74, 6) is -1.11. The van der Waals surface area contributed by atoms with Gasteiger partial charge in [0.05, 0.1) is 0 Å². The molecule has 0 bridgehead atoms. The van der Waals surface area contributed by atoms with E-state index in [1.165, 1.54) is 6.92 Å². The Labute approximate surface area is 123 Å². The van der Waals surface area contributed by atoms with E-state index in [4.69, 9.17) is 11.6 Å². The number of aromatic nitrogens is 2. The second kappa shape index (κ2) is 5.61. The number of rotatable bonds is 2. The molecular formula is C13H10ClF3N2S. The third-order valence-electron chi connectivity index (χ3n) is 2.63. The summed E-state index contributed by atoms with van der Waals surface area (Å²) in [6.45, 7) is 3.24. The summed E-state index contributed by atoms with van der Waals surface area (Å²) in [6.07, 6.45) is -4.55. The quantitative estimate of drug-likeness (QED) is 0.735. The Morgan fingerprint density at radius 2 is 1.65 bits per heavy atom. The van der Waals surface area contributed by atoms with Crippen LogP contribution in [-0.2, 0) is 6.18 Å². The first-order chi connectivity index (χ1) is 9.27. The van der Waals surface area contributed by atoms with Gasteiger partial charge >= 0.3 is 6.18 Å². The molecule has 0 atom stereocenters. The molecule has 0 N–H and O–H groups in total. The molecule has 20 heavy (non-hydrogen) atoms. The molecule has 0 saturated heterocycles. The molecule has 2 rings (SSSR count). The first-order valence-corrected chi connectivity index (χ1v) is 6.82. The van der Waals surface area contributed by atoms with Crippen LogP contribution in [0.25, 0.3) is 0 Å². The van der Waals surface area contributed by atoms with Crippen LogP contribution >= 0.6 is 23.4 Å². The van der Waals surface area contributed by atoms with Gasteiger partial charge in [-0.3, -0.25) is 0 Å². The van der Waals surface area contributed by atoms with Crippen LogP contribution in [0.1, 0.15) is 17.1 Å². The van der Waals surface area contributed by atoms with Crippen molar-refractivity contribution >= 4 is 23.4 Å². The van der Waals surface area contributed by atoms with E-state index in [0.29, 0.717) is 21.3 Å². The van der Waals surface area contributed by atoms with Crippen LogP contribution in [0.2, 0.25) is 5.02 Å². The van der Waals surface area contributed by atoms with Crippen LogP contribution < -0.4 is 0 Å². The molecule has 0 unspecified atom stereocenters. The predicted octanol–water partition coefficient (Wildman–Crippen LogP) is 4.92. The summed E-state index contributed by atoms with van der Waals surface area (Å²) in [6, 6.07) is 6.82. The Morgan fingerprint density at radius 1 is 1.05 bits per heavy atom. The fourth-order valence-electron chi connectivity index (χ4n) is 1.44. The molecule has 1 heterocycles. The molecule has 0 fully saturated rings. The maximum Gasteiger partial charge on any atom is 0.451 e. The van der Waals surface area contributed by atoms with Crippen LogP contribution in [0, 0.1) is 13.8 Å². The van der Waals surface area contributed by atoms with E-state index in [9.17, 15) is 13.2 Å². The Kier molecular flexibility index (Phi) is 4.25. The van der Waals surface area contributed by atoms with Crippen molar-refractivity contribution in [3.8, 4) is 0 Å². The average molecular weight is 319 g/mol. The van der Waals surface area contributed by atoms with E-state index in [2.05, 4.69) is 9.97 Å². The molecule has 0 aliphatic heterocycles. The van der Waals surface area contributed by atoms with Gasteiger partial charge in [0.2, 0.25) is 5.82 Å². The maximum absolute atomic E-state index is 12.7. The topological polar surface area (TPSA) is 25.8 Å². The highest BCUT2D eigenvalue weighted by atomic mass is 35.5. The van der Waals surface area contributed by atoms with Gasteiger partial charge in [-0.25, -0.2) is 9.97 Å².